The van der Waals surface area contributed by atoms with Crippen LogP contribution >= 0.6 is 15.9 Å². The third kappa shape index (κ3) is 4.18. The highest BCUT2D eigenvalue weighted by molar-refractivity contribution is 9.10. The third-order valence-corrected chi connectivity index (χ3v) is 4.08. The topological polar surface area (TPSA) is 44.7 Å². The van der Waals surface area contributed by atoms with Crippen molar-refractivity contribution in [1.82, 2.24) is 5.43 Å². The van der Waals surface area contributed by atoms with E-state index in [1.807, 2.05) is 56.3 Å². The van der Waals surface area contributed by atoms with Crippen LogP contribution in [0.4, 0.5) is 5.69 Å². The van der Waals surface area contributed by atoms with Gasteiger partial charge in [-0.15, -0.1) is 0 Å². The van der Waals surface area contributed by atoms with E-state index in [-0.39, 0.29) is 5.91 Å². The van der Waals surface area contributed by atoms with Gasteiger partial charge in [-0.05, 0) is 42.3 Å². The molecule has 0 saturated carbocycles. The molecule has 1 amide bonds. The lowest BCUT2D eigenvalue weighted by Gasteiger charge is -2.11. The van der Waals surface area contributed by atoms with Gasteiger partial charge in [0.25, 0.3) is 5.91 Å². The molecule has 1 N–H and O–H groups in total. The van der Waals surface area contributed by atoms with E-state index in [0.717, 1.165) is 21.3 Å². The third-order valence-electron chi connectivity index (χ3n) is 3.22. The number of hydrazone groups is 1. The number of carbonyl (C=O) groups is 1. The second kappa shape index (κ2) is 7.22. The van der Waals surface area contributed by atoms with Crippen molar-refractivity contribution in [1.29, 1.82) is 0 Å². The van der Waals surface area contributed by atoms with Gasteiger partial charge >= 0.3 is 0 Å². The van der Waals surface area contributed by atoms with Gasteiger partial charge in [-0.3, -0.25) is 4.79 Å². The van der Waals surface area contributed by atoms with Crippen LogP contribution in [0.1, 0.15) is 21.5 Å². The Hall–Kier alpha value is -2.14. The Morgan fingerprint density at radius 3 is 2.45 bits per heavy atom. The summed E-state index contributed by atoms with van der Waals surface area (Å²) in [6, 6.07) is 13.4. The maximum Gasteiger partial charge on any atom is 0.271 e. The van der Waals surface area contributed by atoms with Gasteiger partial charge in [-0.1, -0.05) is 34.1 Å². The van der Waals surface area contributed by atoms with Crippen LogP contribution < -0.4 is 10.3 Å². The van der Waals surface area contributed by atoms with E-state index in [4.69, 9.17) is 0 Å². The molecule has 2 aromatic carbocycles. The van der Waals surface area contributed by atoms with Gasteiger partial charge in [-0.2, -0.15) is 5.10 Å². The van der Waals surface area contributed by atoms with E-state index in [0.29, 0.717) is 5.56 Å². The summed E-state index contributed by atoms with van der Waals surface area (Å²) in [4.78, 5) is 14.0. The molecule has 0 aliphatic heterocycles. The predicted octanol–water partition coefficient (Wildman–Crippen LogP) is 3.59. The molecule has 22 heavy (non-hydrogen) atoms. The first-order valence-electron chi connectivity index (χ1n) is 6.84. The number of benzene rings is 2. The molecule has 0 heterocycles. The number of nitrogens with zero attached hydrogens (tertiary/aromatic N) is 2. The first kappa shape index (κ1) is 16.2. The average molecular weight is 360 g/mol. The smallest absolute Gasteiger partial charge is 0.271 e. The zero-order chi connectivity index (χ0) is 16.1. The Bertz CT molecular complexity index is 694. The Morgan fingerprint density at radius 1 is 1.18 bits per heavy atom. The maximum absolute atomic E-state index is 12.0. The summed E-state index contributed by atoms with van der Waals surface area (Å²) in [5.74, 6) is -0.234. The van der Waals surface area contributed by atoms with Gasteiger partial charge < -0.3 is 4.90 Å². The average Bonchev–Trinajstić information content (AvgIpc) is 2.50. The fourth-order valence-electron chi connectivity index (χ4n) is 1.82. The monoisotopic (exact) mass is 359 g/mol. The number of amides is 1. The first-order chi connectivity index (χ1) is 10.5. The van der Waals surface area contributed by atoms with Crippen LogP contribution in [0.25, 0.3) is 0 Å². The molecule has 114 valence electrons. The molecule has 0 fully saturated rings. The van der Waals surface area contributed by atoms with Crippen LogP contribution in [-0.4, -0.2) is 26.2 Å². The summed E-state index contributed by atoms with van der Waals surface area (Å²) in [6.45, 7) is 1.97. The maximum atomic E-state index is 12.0. The highest BCUT2D eigenvalue weighted by Gasteiger charge is 2.05. The lowest BCUT2D eigenvalue weighted by atomic mass is 10.1. The molecule has 5 heteroatoms. The van der Waals surface area contributed by atoms with Gasteiger partial charge in [0, 0.05) is 29.8 Å². The minimum Gasteiger partial charge on any atom is -0.378 e. The molecular weight excluding hydrogens is 342 g/mol. The summed E-state index contributed by atoms with van der Waals surface area (Å²) < 4.78 is 0.906. The van der Waals surface area contributed by atoms with Crippen molar-refractivity contribution in [2.75, 3.05) is 19.0 Å². The fraction of sp³-hybridized carbons (Fsp3) is 0.176. The Kier molecular flexibility index (Phi) is 5.33. The second-order valence-electron chi connectivity index (χ2n) is 5.15. The Labute approximate surface area is 139 Å². The molecule has 4 nitrogen and oxygen atoms in total. The van der Waals surface area contributed by atoms with E-state index in [2.05, 4.69) is 26.5 Å². The Morgan fingerprint density at radius 2 is 1.86 bits per heavy atom. The summed E-state index contributed by atoms with van der Waals surface area (Å²) in [5, 5.41) is 3.99. The molecule has 0 aromatic heterocycles. The van der Waals surface area contributed by atoms with Crippen molar-refractivity contribution < 1.29 is 4.79 Å². The van der Waals surface area contributed by atoms with Crippen molar-refractivity contribution in [3.8, 4) is 0 Å². The van der Waals surface area contributed by atoms with Crippen molar-refractivity contribution >= 4 is 33.7 Å². The minimum absolute atomic E-state index is 0.234. The number of hydrogen-bond donors (Lipinski definition) is 1. The normalized spacial score (nSPS) is 10.7. The highest BCUT2D eigenvalue weighted by Crippen LogP contribution is 2.17. The number of aryl methyl sites for hydroxylation is 1. The predicted molar refractivity (Wildman–Crippen MR) is 94.7 cm³/mol. The van der Waals surface area contributed by atoms with Crippen LogP contribution in [0.2, 0.25) is 0 Å². The molecule has 0 aliphatic carbocycles. The lowest BCUT2D eigenvalue weighted by molar-refractivity contribution is 0.0955. The quantitative estimate of drug-likeness (QED) is 0.669. The molecule has 2 aromatic rings. The number of carbonyl (C=O) groups excluding carboxylic acids is 1. The number of anilines is 1. The second-order valence-corrected chi connectivity index (χ2v) is 6.00. The molecular formula is C17H18BrN3O. The van der Waals surface area contributed by atoms with Gasteiger partial charge in [0.15, 0.2) is 0 Å². The largest absolute Gasteiger partial charge is 0.378 e. The van der Waals surface area contributed by atoms with Crippen LogP contribution in [0.5, 0.6) is 0 Å². The summed E-state index contributed by atoms with van der Waals surface area (Å²) in [6.07, 6.45) is 1.63. The first-order valence-corrected chi connectivity index (χ1v) is 7.63. The lowest BCUT2D eigenvalue weighted by Crippen LogP contribution is -2.17. The highest BCUT2D eigenvalue weighted by atomic mass is 79.9. The molecule has 0 bridgehead atoms. The van der Waals surface area contributed by atoms with Gasteiger partial charge in [0.2, 0.25) is 0 Å². The van der Waals surface area contributed by atoms with Crippen LogP contribution in [-0.2, 0) is 0 Å². The van der Waals surface area contributed by atoms with Gasteiger partial charge in [0.1, 0.15) is 0 Å². The van der Waals surface area contributed by atoms with Gasteiger partial charge in [-0.25, -0.2) is 5.43 Å². The van der Waals surface area contributed by atoms with E-state index in [1.165, 1.54) is 0 Å². The van der Waals surface area contributed by atoms with Crippen LogP contribution in [0, 0.1) is 6.92 Å². The molecule has 2 rings (SSSR count). The minimum atomic E-state index is -0.234. The summed E-state index contributed by atoms with van der Waals surface area (Å²) in [7, 11) is 3.98. The van der Waals surface area contributed by atoms with Crippen LogP contribution in [0.3, 0.4) is 0 Å². The molecule has 0 saturated heterocycles. The van der Waals surface area contributed by atoms with Crippen molar-refractivity contribution in [3.05, 3.63) is 63.6 Å². The zero-order valence-electron chi connectivity index (χ0n) is 12.8. The standard InChI is InChI=1S/C17H18BrN3O/c1-12-4-7-14(10-16(12)18)17(22)20-19-11-13-5-8-15(9-6-13)21(2)3/h4-11H,1-3H3,(H,20,22). The number of nitrogens with one attached hydrogen (secondary N) is 1. The number of hydrogen-bond acceptors (Lipinski definition) is 3. The van der Waals surface area contributed by atoms with E-state index in [1.54, 1.807) is 18.3 Å². The van der Waals surface area contributed by atoms with E-state index < -0.39 is 0 Å². The van der Waals surface area contributed by atoms with Crippen molar-refractivity contribution in [2.24, 2.45) is 5.10 Å². The van der Waals surface area contributed by atoms with Crippen LogP contribution in [0.15, 0.2) is 52.0 Å². The number of halogens is 1. The molecule has 0 radical (unpaired) electrons. The molecule has 0 spiro atoms. The molecule has 0 aliphatic rings. The fourth-order valence-corrected chi connectivity index (χ4v) is 2.20. The SMILES string of the molecule is Cc1ccc(C(=O)NN=Cc2ccc(N(C)C)cc2)cc1Br. The number of rotatable bonds is 4. The Balaban J connectivity index is 1.99. The summed E-state index contributed by atoms with van der Waals surface area (Å²) >= 11 is 3.42. The van der Waals surface area contributed by atoms with Gasteiger partial charge in [0.05, 0.1) is 6.21 Å². The van der Waals surface area contributed by atoms with Crippen molar-refractivity contribution in [2.45, 2.75) is 6.92 Å². The molecule has 0 unspecified atom stereocenters. The van der Waals surface area contributed by atoms with E-state index >= 15 is 0 Å². The van der Waals surface area contributed by atoms with Crippen molar-refractivity contribution in [3.63, 3.8) is 0 Å². The zero-order valence-corrected chi connectivity index (χ0v) is 14.4. The molecule has 0 atom stereocenters. The van der Waals surface area contributed by atoms with E-state index in [9.17, 15) is 4.79 Å². The summed E-state index contributed by atoms with van der Waals surface area (Å²) in [5.41, 5.74) is 6.23.